The highest BCUT2D eigenvalue weighted by atomic mass is 35.5. The first kappa shape index (κ1) is 21.0. The van der Waals surface area contributed by atoms with Crippen LogP contribution in [0.1, 0.15) is 48.3 Å². The van der Waals surface area contributed by atoms with E-state index in [1.165, 1.54) is 16.8 Å². The number of ether oxygens (including phenoxy) is 1. The van der Waals surface area contributed by atoms with Gasteiger partial charge in [-0.2, -0.15) is 0 Å². The maximum atomic E-state index is 12.3. The van der Waals surface area contributed by atoms with Crippen molar-refractivity contribution >= 4 is 34.9 Å². The minimum absolute atomic E-state index is 0.00729. The summed E-state index contributed by atoms with van der Waals surface area (Å²) in [5.74, 6) is 0.342. The molecule has 0 radical (unpaired) electrons. The molecule has 2 aromatic rings. The van der Waals surface area contributed by atoms with Gasteiger partial charge >= 0.3 is 5.97 Å². The average Bonchev–Trinajstić information content (AvgIpc) is 2.65. The lowest BCUT2D eigenvalue weighted by atomic mass is 9.81. The summed E-state index contributed by atoms with van der Waals surface area (Å²) in [6.45, 7) is 2.19. The Hall–Kier alpha value is -1.71. The molecule has 1 aliphatic carbocycles. The van der Waals surface area contributed by atoms with Crippen molar-refractivity contribution in [2.24, 2.45) is 0 Å². The zero-order chi connectivity index (χ0) is 20.3. The maximum absolute atomic E-state index is 12.3. The van der Waals surface area contributed by atoms with Crippen LogP contribution in [-0.4, -0.2) is 26.2 Å². The zero-order valence-corrected chi connectivity index (χ0v) is 18.2. The van der Waals surface area contributed by atoms with Crippen molar-refractivity contribution in [3.05, 3.63) is 63.1 Å². The SMILES string of the molecule is Cc1cc(N(C)C)ccc1C1CCC(OC(=O)Cc2ccc(Cl)c(Cl)c2)CC1. The summed E-state index contributed by atoms with van der Waals surface area (Å²) in [6, 6.07) is 11.9. The van der Waals surface area contributed by atoms with Gasteiger partial charge in [0.2, 0.25) is 0 Å². The fraction of sp³-hybridized carbons (Fsp3) is 0.435. The van der Waals surface area contributed by atoms with Crippen LogP contribution in [0.15, 0.2) is 36.4 Å². The topological polar surface area (TPSA) is 29.5 Å². The zero-order valence-electron chi connectivity index (χ0n) is 16.7. The maximum Gasteiger partial charge on any atom is 0.310 e. The number of halogens is 2. The number of rotatable bonds is 5. The second-order valence-electron chi connectivity index (χ2n) is 7.82. The van der Waals surface area contributed by atoms with Gasteiger partial charge in [0.15, 0.2) is 0 Å². The predicted octanol–water partition coefficient (Wildman–Crippen LogP) is 6.18. The molecule has 3 rings (SSSR count). The van der Waals surface area contributed by atoms with Crippen molar-refractivity contribution in [3.63, 3.8) is 0 Å². The standard InChI is InChI=1S/C23H27Cl2NO2/c1-15-12-18(26(2)3)7-10-20(15)17-5-8-19(9-6-17)28-23(27)14-16-4-11-21(24)22(25)13-16/h4,7,10-13,17,19H,5-6,8-9,14H2,1-3H3. The molecule has 0 unspecified atom stereocenters. The van der Waals surface area contributed by atoms with E-state index in [2.05, 4.69) is 44.1 Å². The van der Waals surface area contributed by atoms with Gasteiger partial charge in [0.1, 0.15) is 6.10 Å². The number of esters is 1. The molecule has 0 spiro atoms. The monoisotopic (exact) mass is 419 g/mol. The normalized spacial score (nSPS) is 19.3. The van der Waals surface area contributed by atoms with Gasteiger partial charge in [-0.05, 0) is 79.5 Å². The predicted molar refractivity (Wildman–Crippen MR) is 117 cm³/mol. The van der Waals surface area contributed by atoms with E-state index in [0.717, 1.165) is 31.2 Å². The van der Waals surface area contributed by atoms with E-state index < -0.39 is 0 Å². The average molecular weight is 420 g/mol. The third kappa shape index (κ3) is 5.21. The lowest BCUT2D eigenvalue weighted by molar-refractivity contribution is -0.149. The minimum atomic E-state index is -0.201. The lowest BCUT2D eigenvalue weighted by Crippen LogP contribution is -2.25. The minimum Gasteiger partial charge on any atom is -0.462 e. The molecule has 1 fully saturated rings. The van der Waals surface area contributed by atoms with Crippen LogP contribution < -0.4 is 4.90 Å². The molecule has 0 aliphatic heterocycles. The number of anilines is 1. The summed E-state index contributed by atoms with van der Waals surface area (Å²) in [4.78, 5) is 14.4. The molecular weight excluding hydrogens is 393 g/mol. The molecule has 3 nitrogen and oxygen atoms in total. The Morgan fingerprint density at radius 1 is 1.04 bits per heavy atom. The third-order valence-electron chi connectivity index (χ3n) is 5.51. The van der Waals surface area contributed by atoms with E-state index in [0.29, 0.717) is 16.0 Å². The van der Waals surface area contributed by atoms with Crippen molar-refractivity contribution in [2.75, 3.05) is 19.0 Å². The van der Waals surface area contributed by atoms with Gasteiger partial charge in [-0.1, -0.05) is 35.3 Å². The number of nitrogens with zero attached hydrogens (tertiary/aromatic N) is 1. The molecule has 1 saturated carbocycles. The lowest BCUT2D eigenvalue weighted by Gasteiger charge is -2.30. The fourth-order valence-corrected chi connectivity index (χ4v) is 4.25. The molecule has 150 valence electrons. The van der Waals surface area contributed by atoms with Crippen LogP contribution in [-0.2, 0) is 16.0 Å². The summed E-state index contributed by atoms with van der Waals surface area (Å²) in [7, 11) is 4.12. The largest absolute Gasteiger partial charge is 0.462 e. The van der Waals surface area contributed by atoms with Crippen LogP contribution in [0.4, 0.5) is 5.69 Å². The van der Waals surface area contributed by atoms with Gasteiger partial charge in [-0.25, -0.2) is 0 Å². The first-order valence-electron chi connectivity index (χ1n) is 9.74. The quantitative estimate of drug-likeness (QED) is 0.541. The van der Waals surface area contributed by atoms with Crippen LogP contribution >= 0.6 is 23.2 Å². The van der Waals surface area contributed by atoms with Crippen LogP contribution in [0.2, 0.25) is 10.0 Å². The molecule has 0 amide bonds. The van der Waals surface area contributed by atoms with Crippen molar-refractivity contribution in [1.82, 2.24) is 0 Å². The molecule has 0 bridgehead atoms. The number of aryl methyl sites for hydroxylation is 1. The number of hydrogen-bond donors (Lipinski definition) is 0. The third-order valence-corrected chi connectivity index (χ3v) is 6.25. The molecule has 1 aliphatic rings. The van der Waals surface area contributed by atoms with Crippen LogP contribution in [0.3, 0.4) is 0 Å². The Morgan fingerprint density at radius 3 is 2.36 bits per heavy atom. The highest BCUT2D eigenvalue weighted by molar-refractivity contribution is 6.42. The van der Waals surface area contributed by atoms with Crippen LogP contribution in [0.5, 0.6) is 0 Å². The molecule has 0 heterocycles. The summed E-state index contributed by atoms with van der Waals surface area (Å²) in [5, 5.41) is 0.953. The number of carbonyl (C=O) groups excluding carboxylic acids is 1. The van der Waals surface area contributed by atoms with Gasteiger partial charge in [0.05, 0.1) is 16.5 Å². The highest BCUT2D eigenvalue weighted by Crippen LogP contribution is 2.36. The first-order valence-corrected chi connectivity index (χ1v) is 10.5. The van der Waals surface area contributed by atoms with E-state index >= 15 is 0 Å². The first-order chi connectivity index (χ1) is 13.3. The Labute approximate surface area is 177 Å². The Balaban J connectivity index is 1.52. The summed E-state index contributed by atoms with van der Waals surface area (Å²) in [6.07, 6.45) is 4.15. The van der Waals surface area contributed by atoms with E-state index in [-0.39, 0.29) is 18.5 Å². The molecule has 0 atom stereocenters. The van der Waals surface area contributed by atoms with Gasteiger partial charge in [0, 0.05) is 19.8 Å². The summed E-state index contributed by atoms with van der Waals surface area (Å²) >= 11 is 11.9. The van der Waals surface area contributed by atoms with E-state index in [4.69, 9.17) is 27.9 Å². The molecular formula is C23H27Cl2NO2. The van der Waals surface area contributed by atoms with Crippen LogP contribution in [0, 0.1) is 6.92 Å². The second kappa shape index (κ2) is 9.19. The Kier molecular flexibility index (Phi) is 6.90. The van der Waals surface area contributed by atoms with E-state index in [9.17, 15) is 4.79 Å². The van der Waals surface area contributed by atoms with Crippen LogP contribution in [0.25, 0.3) is 0 Å². The van der Waals surface area contributed by atoms with Gasteiger partial charge in [-0.15, -0.1) is 0 Å². The van der Waals surface area contributed by atoms with E-state index in [1.54, 1.807) is 12.1 Å². The number of benzene rings is 2. The molecule has 0 N–H and O–H groups in total. The van der Waals surface area contributed by atoms with Crippen molar-refractivity contribution in [3.8, 4) is 0 Å². The summed E-state index contributed by atoms with van der Waals surface area (Å²) in [5.41, 5.74) is 4.81. The van der Waals surface area contributed by atoms with Gasteiger partial charge < -0.3 is 9.64 Å². The molecule has 2 aromatic carbocycles. The Bertz CT molecular complexity index is 842. The molecule has 28 heavy (non-hydrogen) atoms. The number of hydrogen-bond acceptors (Lipinski definition) is 3. The Morgan fingerprint density at radius 2 is 1.75 bits per heavy atom. The summed E-state index contributed by atoms with van der Waals surface area (Å²) < 4.78 is 5.71. The molecule has 0 saturated heterocycles. The van der Waals surface area contributed by atoms with Crippen molar-refractivity contribution < 1.29 is 9.53 Å². The van der Waals surface area contributed by atoms with Gasteiger partial charge in [0.25, 0.3) is 0 Å². The van der Waals surface area contributed by atoms with Crippen molar-refractivity contribution in [1.29, 1.82) is 0 Å². The van der Waals surface area contributed by atoms with Crippen molar-refractivity contribution in [2.45, 2.75) is 51.0 Å². The smallest absolute Gasteiger partial charge is 0.310 e. The number of carbonyl (C=O) groups is 1. The fourth-order valence-electron chi connectivity index (χ4n) is 3.93. The highest BCUT2D eigenvalue weighted by Gasteiger charge is 2.26. The van der Waals surface area contributed by atoms with E-state index in [1.807, 2.05) is 6.07 Å². The second-order valence-corrected chi connectivity index (χ2v) is 8.64. The van der Waals surface area contributed by atoms with Gasteiger partial charge in [-0.3, -0.25) is 4.79 Å². The molecule has 5 heteroatoms. The molecule has 0 aromatic heterocycles.